The molecule has 0 spiro atoms. The summed E-state index contributed by atoms with van der Waals surface area (Å²) in [5.74, 6) is 2.88. The number of hydrogen-bond acceptors (Lipinski definition) is 1. The van der Waals surface area contributed by atoms with Gasteiger partial charge in [0.25, 0.3) is 0 Å². The summed E-state index contributed by atoms with van der Waals surface area (Å²) in [7, 11) is 0. The Morgan fingerprint density at radius 1 is 1.06 bits per heavy atom. The summed E-state index contributed by atoms with van der Waals surface area (Å²) >= 11 is 0. The molecule has 16 heavy (non-hydrogen) atoms. The van der Waals surface area contributed by atoms with E-state index in [1.165, 1.54) is 58.0 Å². The third-order valence-electron chi connectivity index (χ3n) is 4.11. The van der Waals surface area contributed by atoms with Crippen molar-refractivity contribution in [2.75, 3.05) is 13.1 Å². The monoisotopic (exact) mass is 225 g/mol. The minimum absolute atomic E-state index is 0.863. The standard InChI is InChI=1S/C15H31N/c1-4-14-7-9-15(10-8-14)12-16-11-5-6-13(2)3/h13-16H,4-12H2,1-3H3. The van der Waals surface area contributed by atoms with E-state index < -0.39 is 0 Å². The predicted molar refractivity (Wildman–Crippen MR) is 72.7 cm³/mol. The van der Waals surface area contributed by atoms with Crippen LogP contribution in [0.2, 0.25) is 0 Å². The molecule has 1 nitrogen and oxygen atoms in total. The van der Waals surface area contributed by atoms with E-state index in [2.05, 4.69) is 26.1 Å². The molecule has 0 atom stereocenters. The normalized spacial score (nSPS) is 26.2. The van der Waals surface area contributed by atoms with Crippen LogP contribution in [-0.2, 0) is 0 Å². The summed E-state index contributed by atoms with van der Waals surface area (Å²) < 4.78 is 0. The van der Waals surface area contributed by atoms with Crippen molar-refractivity contribution in [3.8, 4) is 0 Å². The summed E-state index contributed by atoms with van der Waals surface area (Å²) in [6.45, 7) is 9.47. The Morgan fingerprint density at radius 3 is 2.25 bits per heavy atom. The van der Waals surface area contributed by atoms with Crippen LogP contribution in [0.25, 0.3) is 0 Å². The maximum atomic E-state index is 3.64. The van der Waals surface area contributed by atoms with Crippen molar-refractivity contribution < 1.29 is 0 Å². The number of rotatable bonds is 7. The van der Waals surface area contributed by atoms with Crippen LogP contribution in [0, 0.1) is 17.8 Å². The first-order chi connectivity index (χ1) is 7.72. The average molecular weight is 225 g/mol. The number of hydrogen-bond donors (Lipinski definition) is 1. The Labute approximate surface area is 102 Å². The van der Waals surface area contributed by atoms with Crippen molar-refractivity contribution in [2.45, 2.75) is 65.7 Å². The van der Waals surface area contributed by atoms with E-state index in [0.717, 1.165) is 17.8 Å². The van der Waals surface area contributed by atoms with Crippen LogP contribution < -0.4 is 5.32 Å². The van der Waals surface area contributed by atoms with Gasteiger partial charge in [-0.2, -0.15) is 0 Å². The van der Waals surface area contributed by atoms with Crippen LogP contribution in [0.3, 0.4) is 0 Å². The molecule has 1 heteroatoms. The topological polar surface area (TPSA) is 12.0 Å². The zero-order valence-corrected chi connectivity index (χ0v) is 11.6. The van der Waals surface area contributed by atoms with E-state index in [9.17, 15) is 0 Å². The van der Waals surface area contributed by atoms with E-state index >= 15 is 0 Å². The van der Waals surface area contributed by atoms with Crippen molar-refractivity contribution in [3.63, 3.8) is 0 Å². The van der Waals surface area contributed by atoms with Crippen LogP contribution >= 0.6 is 0 Å². The highest BCUT2D eigenvalue weighted by molar-refractivity contribution is 4.73. The van der Waals surface area contributed by atoms with Gasteiger partial charge in [-0.1, -0.05) is 40.0 Å². The Balaban J connectivity index is 1.94. The Kier molecular flexibility index (Phi) is 7.11. The molecule has 1 rings (SSSR count). The lowest BCUT2D eigenvalue weighted by Gasteiger charge is -2.27. The SMILES string of the molecule is CCC1CCC(CNCCCC(C)C)CC1. The fourth-order valence-electron chi connectivity index (χ4n) is 2.79. The summed E-state index contributed by atoms with van der Waals surface area (Å²) in [5, 5.41) is 3.64. The molecule has 0 amide bonds. The molecule has 1 aliphatic carbocycles. The minimum Gasteiger partial charge on any atom is -0.316 e. The van der Waals surface area contributed by atoms with Crippen molar-refractivity contribution in [1.82, 2.24) is 5.32 Å². The fraction of sp³-hybridized carbons (Fsp3) is 1.00. The van der Waals surface area contributed by atoms with Crippen LogP contribution in [0.1, 0.15) is 65.7 Å². The average Bonchev–Trinajstić information content (AvgIpc) is 2.29. The Hall–Kier alpha value is -0.0400. The maximum Gasteiger partial charge on any atom is -0.00205 e. The lowest BCUT2D eigenvalue weighted by Crippen LogP contribution is -2.27. The summed E-state index contributed by atoms with van der Waals surface area (Å²) in [6.07, 6.45) is 10.0. The molecule has 0 heterocycles. The van der Waals surface area contributed by atoms with Gasteiger partial charge in [0.15, 0.2) is 0 Å². The molecule has 0 aromatic carbocycles. The smallest absolute Gasteiger partial charge is 0.00205 e. The van der Waals surface area contributed by atoms with E-state index in [1.54, 1.807) is 0 Å². The van der Waals surface area contributed by atoms with E-state index in [0.29, 0.717) is 0 Å². The molecule has 1 fully saturated rings. The molecule has 0 unspecified atom stereocenters. The zero-order valence-electron chi connectivity index (χ0n) is 11.6. The highest BCUT2D eigenvalue weighted by Gasteiger charge is 2.19. The van der Waals surface area contributed by atoms with Crippen molar-refractivity contribution in [1.29, 1.82) is 0 Å². The van der Waals surface area contributed by atoms with E-state index in [4.69, 9.17) is 0 Å². The molecule has 1 aliphatic rings. The molecule has 0 radical (unpaired) electrons. The predicted octanol–water partition coefficient (Wildman–Crippen LogP) is 4.23. The lowest BCUT2D eigenvalue weighted by atomic mass is 9.81. The van der Waals surface area contributed by atoms with E-state index in [-0.39, 0.29) is 0 Å². The Morgan fingerprint density at radius 2 is 1.69 bits per heavy atom. The van der Waals surface area contributed by atoms with Gasteiger partial charge >= 0.3 is 0 Å². The highest BCUT2D eigenvalue weighted by Crippen LogP contribution is 2.29. The second-order valence-corrected chi connectivity index (χ2v) is 6.04. The molecular formula is C15H31N. The lowest BCUT2D eigenvalue weighted by molar-refractivity contribution is 0.262. The zero-order chi connectivity index (χ0) is 11.8. The van der Waals surface area contributed by atoms with Crippen LogP contribution in [0.5, 0.6) is 0 Å². The molecule has 1 saturated carbocycles. The van der Waals surface area contributed by atoms with Gasteiger partial charge in [-0.3, -0.25) is 0 Å². The molecule has 96 valence electrons. The van der Waals surface area contributed by atoms with Gasteiger partial charge in [0.1, 0.15) is 0 Å². The van der Waals surface area contributed by atoms with Gasteiger partial charge in [-0.15, -0.1) is 0 Å². The van der Waals surface area contributed by atoms with Crippen molar-refractivity contribution in [3.05, 3.63) is 0 Å². The van der Waals surface area contributed by atoms with Crippen molar-refractivity contribution >= 4 is 0 Å². The maximum absolute atomic E-state index is 3.64. The molecule has 0 bridgehead atoms. The van der Waals surface area contributed by atoms with Gasteiger partial charge in [-0.25, -0.2) is 0 Å². The van der Waals surface area contributed by atoms with Crippen molar-refractivity contribution in [2.24, 2.45) is 17.8 Å². The number of nitrogens with one attached hydrogen (secondary N) is 1. The third kappa shape index (κ3) is 5.89. The van der Waals surface area contributed by atoms with Gasteiger partial charge in [-0.05, 0) is 56.5 Å². The van der Waals surface area contributed by atoms with E-state index in [1.807, 2.05) is 0 Å². The summed E-state index contributed by atoms with van der Waals surface area (Å²) in [5.41, 5.74) is 0. The first-order valence-electron chi connectivity index (χ1n) is 7.43. The molecule has 0 aliphatic heterocycles. The molecule has 0 aromatic heterocycles. The van der Waals surface area contributed by atoms with Crippen LogP contribution in [-0.4, -0.2) is 13.1 Å². The minimum atomic E-state index is 0.863. The van der Waals surface area contributed by atoms with Crippen LogP contribution in [0.15, 0.2) is 0 Å². The Bertz CT molecular complexity index is 157. The van der Waals surface area contributed by atoms with Gasteiger partial charge in [0.05, 0.1) is 0 Å². The molecular weight excluding hydrogens is 194 g/mol. The van der Waals surface area contributed by atoms with Gasteiger partial charge in [0, 0.05) is 0 Å². The largest absolute Gasteiger partial charge is 0.316 e. The molecule has 0 aromatic rings. The van der Waals surface area contributed by atoms with Crippen LogP contribution in [0.4, 0.5) is 0 Å². The first kappa shape index (κ1) is 14.0. The highest BCUT2D eigenvalue weighted by atomic mass is 14.9. The van der Waals surface area contributed by atoms with Gasteiger partial charge in [0.2, 0.25) is 0 Å². The second kappa shape index (κ2) is 8.11. The molecule has 0 saturated heterocycles. The van der Waals surface area contributed by atoms with Gasteiger partial charge < -0.3 is 5.32 Å². The molecule has 1 N–H and O–H groups in total. The second-order valence-electron chi connectivity index (χ2n) is 6.04. The summed E-state index contributed by atoms with van der Waals surface area (Å²) in [6, 6.07) is 0. The summed E-state index contributed by atoms with van der Waals surface area (Å²) in [4.78, 5) is 0. The quantitative estimate of drug-likeness (QED) is 0.639. The first-order valence-corrected chi connectivity index (χ1v) is 7.43. The third-order valence-corrected chi connectivity index (χ3v) is 4.11. The fourth-order valence-corrected chi connectivity index (χ4v) is 2.79.